The molecule has 1 fully saturated rings. The molecule has 0 spiro atoms. The van der Waals surface area contributed by atoms with Crippen LogP contribution in [0.3, 0.4) is 0 Å². The van der Waals surface area contributed by atoms with Gasteiger partial charge in [-0.3, -0.25) is 9.69 Å². The average molecular weight is 317 g/mol. The van der Waals surface area contributed by atoms with Crippen molar-refractivity contribution < 1.29 is 19.2 Å². The van der Waals surface area contributed by atoms with Crippen molar-refractivity contribution in [2.45, 2.75) is 0 Å². The maximum absolute atomic E-state index is 12.1. The van der Waals surface area contributed by atoms with Crippen LogP contribution >= 0.6 is 0 Å². The van der Waals surface area contributed by atoms with E-state index in [0.29, 0.717) is 17.9 Å². The Morgan fingerprint density at radius 2 is 2.13 bits per heavy atom. The Bertz CT molecular complexity index is 665. The molecule has 122 valence electrons. The van der Waals surface area contributed by atoms with Crippen molar-refractivity contribution in [3.63, 3.8) is 0 Å². The zero-order valence-corrected chi connectivity index (χ0v) is 12.7. The van der Waals surface area contributed by atoms with Gasteiger partial charge in [-0.25, -0.2) is 0 Å². The third-order valence-electron chi connectivity index (χ3n) is 3.69. The number of rotatable bonds is 5. The molecule has 1 saturated heterocycles. The summed E-state index contributed by atoms with van der Waals surface area (Å²) in [4.78, 5) is 14.3. The van der Waals surface area contributed by atoms with Gasteiger partial charge in [-0.2, -0.15) is 0 Å². The molecule has 1 amide bonds. The van der Waals surface area contributed by atoms with Gasteiger partial charge in [0.1, 0.15) is 5.75 Å². The fourth-order valence-electron chi connectivity index (χ4n) is 2.42. The highest BCUT2D eigenvalue weighted by molar-refractivity contribution is 5.93. The van der Waals surface area contributed by atoms with Crippen LogP contribution in [0.4, 0.5) is 0 Å². The van der Waals surface area contributed by atoms with Crippen LogP contribution in [0, 0.1) is 0 Å². The number of benzene rings is 1. The monoisotopic (exact) mass is 317 g/mol. The third-order valence-corrected chi connectivity index (χ3v) is 3.69. The van der Waals surface area contributed by atoms with Crippen molar-refractivity contribution in [3.8, 4) is 17.1 Å². The summed E-state index contributed by atoms with van der Waals surface area (Å²) >= 11 is 0. The number of hydrogen-bond donors (Lipinski definition) is 2. The number of ether oxygens (including phenoxy) is 1. The average Bonchev–Trinajstić information content (AvgIpc) is 3.06. The highest BCUT2D eigenvalue weighted by Crippen LogP contribution is 2.23. The molecule has 0 atom stereocenters. The first kappa shape index (κ1) is 15.5. The predicted octanol–water partition coefficient (Wildman–Crippen LogP) is 1.11. The summed E-state index contributed by atoms with van der Waals surface area (Å²) in [5.74, 6) is 0.308. The zero-order chi connectivity index (χ0) is 16.1. The Hall–Kier alpha value is -2.38. The van der Waals surface area contributed by atoms with E-state index >= 15 is 0 Å². The van der Waals surface area contributed by atoms with E-state index in [2.05, 4.69) is 15.4 Å². The number of carbonyl (C=O) groups is 1. The first-order chi connectivity index (χ1) is 11.2. The smallest absolute Gasteiger partial charge is 0.273 e. The van der Waals surface area contributed by atoms with Gasteiger partial charge in [-0.1, -0.05) is 17.3 Å². The van der Waals surface area contributed by atoms with E-state index in [0.717, 1.165) is 32.8 Å². The van der Waals surface area contributed by atoms with Gasteiger partial charge < -0.3 is 19.7 Å². The van der Waals surface area contributed by atoms with Gasteiger partial charge in [0.15, 0.2) is 11.5 Å². The predicted molar refractivity (Wildman–Crippen MR) is 83.2 cm³/mol. The quantitative estimate of drug-likeness (QED) is 0.859. The van der Waals surface area contributed by atoms with E-state index in [1.165, 1.54) is 0 Å². The number of phenolic OH excluding ortho intramolecular Hbond substituents is 1. The maximum atomic E-state index is 12.1. The minimum atomic E-state index is -0.270. The lowest BCUT2D eigenvalue weighted by Gasteiger charge is -2.26. The van der Waals surface area contributed by atoms with Crippen molar-refractivity contribution in [3.05, 3.63) is 36.0 Å². The molecular weight excluding hydrogens is 298 g/mol. The van der Waals surface area contributed by atoms with Crippen LogP contribution in [0.25, 0.3) is 11.3 Å². The Morgan fingerprint density at radius 1 is 1.30 bits per heavy atom. The molecule has 1 aliphatic rings. The van der Waals surface area contributed by atoms with Gasteiger partial charge in [0.05, 0.1) is 13.2 Å². The molecule has 0 bridgehead atoms. The standard InChI is InChI=1S/C16H19N3O4/c20-13-3-1-2-12(10-13)15-11-14(18-23-15)16(21)17-4-5-19-6-8-22-9-7-19/h1-3,10-11,20H,4-9H2,(H,17,21). The molecule has 1 aromatic heterocycles. The molecule has 7 nitrogen and oxygen atoms in total. The van der Waals surface area contributed by atoms with E-state index < -0.39 is 0 Å². The second kappa shape index (κ2) is 7.26. The molecular formula is C16H19N3O4. The second-order valence-electron chi connectivity index (χ2n) is 5.34. The van der Waals surface area contributed by atoms with Gasteiger partial charge >= 0.3 is 0 Å². The summed E-state index contributed by atoms with van der Waals surface area (Å²) in [6, 6.07) is 8.17. The van der Waals surface area contributed by atoms with E-state index in [1.54, 1.807) is 30.3 Å². The SMILES string of the molecule is O=C(NCCN1CCOCC1)c1cc(-c2cccc(O)c2)on1. The van der Waals surface area contributed by atoms with Crippen molar-refractivity contribution in [2.75, 3.05) is 39.4 Å². The lowest BCUT2D eigenvalue weighted by Crippen LogP contribution is -2.41. The van der Waals surface area contributed by atoms with E-state index in [4.69, 9.17) is 9.26 Å². The van der Waals surface area contributed by atoms with Crippen LogP contribution in [0.15, 0.2) is 34.9 Å². The Morgan fingerprint density at radius 3 is 2.91 bits per heavy atom. The normalized spacial score (nSPS) is 15.5. The van der Waals surface area contributed by atoms with E-state index in [9.17, 15) is 9.90 Å². The number of aromatic hydroxyl groups is 1. The van der Waals surface area contributed by atoms with Crippen LogP contribution in [0.5, 0.6) is 5.75 Å². The van der Waals surface area contributed by atoms with Crippen LogP contribution in [0.1, 0.15) is 10.5 Å². The molecule has 23 heavy (non-hydrogen) atoms. The lowest BCUT2D eigenvalue weighted by atomic mass is 10.1. The van der Waals surface area contributed by atoms with E-state index in [-0.39, 0.29) is 17.4 Å². The van der Waals surface area contributed by atoms with Crippen molar-refractivity contribution in [2.24, 2.45) is 0 Å². The van der Waals surface area contributed by atoms with Gasteiger partial charge in [0.2, 0.25) is 0 Å². The van der Waals surface area contributed by atoms with Gasteiger partial charge in [-0.05, 0) is 12.1 Å². The number of nitrogens with zero attached hydrogens (tertiary/aromatic N) is 2. The summed E-state index contributed by atoms with van der Waals surface area (Å²) < 4.78 is 10.5. The first-order valence-electron chi connectivity index (χ1n) is 7.57. The number of aromatic nitrogens is 1. The maximum Gasteiger partial charge on any atom is 0.273 e. The van der Waals surface area contributed by atoms with Gasteiger partial charge in [0.25, 0.3) is 5.91 Å². The van der Waals surface area contributed by atoms with Crippen LogP contribution in [-0.4, -0.2) is 60.5 Å². The summed E-state index contributed by atoms with van der Waals surface area (Å²) in [6.45, 7) is 4.59. The molecule has 0 aliphatic carbocycles. The highest BCUT2D eigenvalue weighted by Gasteiger charge is 2.15. The number of phenols is 1. The second-order valence-corrected chi connectivity index (χ2v) is 5.34. The molecule has 0 saturated carbocycles. The Balaban J connectivity index is 1.54. The fraction of sp³-hybridized carbons (Fsp3) is 0.375. The largest absolute Gasteiger partial charge is 0.508 e. The number of carbonyl (C=O) groups excluding carboxylic acids is 1. The number of hydrogen-bond acceptors (Lipinski definition) is 6. The topological polar surface area (TPSA) is 87.8 Å². The highest BCUT2D eigenvalue weighted by atomic mass is 16.5. The minimum Gasteiger partial charge on any atom is -0.508 e. The summed E-state index contributed by atoms with van der Waals surface area (Å²) in [6.07, 6.45) is 0. The molecule has 2 aromatic rings. The van der Waals surface area contributed by atoms with Crippen molar-refractivity contribution >= 4 is 5.91 Å². The van der Waals surface area contributed by atoms with Crippen molar-refractivity contribution in [1.29, 1.82) is 0 Å². The first-order valence-corrected chi connectivity index (χ1v) is 7.57. The summed E-state index contributed by atoms with van der Waals surface area (Å²) in [7, 11) is 0. The summed E-state index contributed by atoms with van der Waals surface area (Å²) in [5.41, 5.74) is 0.898. The molecule has 1 aromatic carbocycles. The molecule has 2 heterocycles. The molecule has 3 rings (SSSR count). The Kier molecular flexibility index (Phi) is 4.89. The molecule has 7 heteroatoms. The fourth-order valence-corrected chi connectivity index (χ4v) is 2.42. The lowest BCUT2D eigenvalue weighted by molar-refractivity contribution is 0.0383. The van der Waals surface area contributed by atoms with Gasteiger partial charge in [0, 0.05) is 37.8 Å². The zero-order valence-electron chi connectivity index (χ0n) is 12.7. The van der Waals surface area contributed by atoms with Crippen molar-refractivity contribution in [1.82, 2.24) is 15.4 Å². The number of nitrogens with one attached hydrogen (secondary N) is 1. The molecule has 0 radical (unpaired) electrons. The van der Waals surface area contributed by atoms with Crippen LogP contribution < -0.4 is 5.32 Å². The summed E-state index contributed by atoms with van der Waals surface area (Å²) in [5, 5.41) is 16.1. The third kappa shape index (κ3) is 4.08. The van der Waals surface area contributed by atoms with Crippen LogP contribution in [0.2, 0.25) is 0 Å². The molecule has 1 aliphatic heterocycles. The number of amides is 1. The molecule has 0 unspecified atom stereocenters. The van der Waals surface area contributed by atoms with E-state index in [1.807, 2.05) is 0 Å². The molecule has 2 N–H and O–H groups in total. The van der Waals surface area contributed by atoms with Gasteiger partial charge in [-0.15, -0.1) is 0 Å². The van der Waals surface area contributed by atoms with Crippen LogP contribution in [-0.2, 0) is 4.74 Å². The number of morpholine rings is 1. The minimum absolute atomic E-state index is 0.135. The Labute approximate surface area is 133 Å².